The third-order valence-electron chi connectivity index (χ3n) is 3.98. The maximum Gasteiger partial charge on any atom is 0.221 e. The number of anilines is 1. The third-order valence-corrected chi connectivity index (χ3v) is 3.98. The van der Waals surface area contributed by atoms with Gasteiger partial charge in [-0.1, -0.05) is 36.4 Å². The van der Waals surface area contributed by atoms with E-state index in [0.717, 1.165) is 29.1 Å². The minimum absolute atomic E-state index is 0.0527. The van der Waals surface area contributed by atoms with Crippen molar-refractivity contribution in [3.63, 3.8) is 0 Å². The molecule has 4 nitrogen and oxygen atoms in total. The van der Waals surface area contributed by atoms with Crippen LogP contribution in [0, 0.1) is 0 Å². The number of nitrogens with zero attached hydrogens (tertiary/aromatic N) is 1. The first-order valence-corrected chi connectivity index (χ1v) is 7.26. The van der Waals surface area contributed by atoms with E-state index < -0.39 is 0 Å². The summed E-state index contributed by atoms with van der Waals surface area (Å²) in [5.41, 5.74) is 7.66. The Balaban J connectivity index is 1.75. The number of rotatable bonds is 2. The molecule has 0 radical (unpaired) electrons. The van der Waals surface area contributed by atoms with Gasteiger partial charge in [0.15, 0.2) is 0 Å². The number of fused-ring (bicyclic) bond motifs is 3. The molecule has 1 heterocycles. The Morgan fingerprint density at radius 1 is 1.18 bits per heavy atom. The minimum atomic E-state index is -0.0527. The van der Waals surface area contributed by atoms with Gasteiger partial charge in [-0.25, -0.2) is 0 Å². The van der Waals surface area contributed by atoms with E-state index in [2.05, 4.69) is 27.6 Å². The highest BCUT2D eigenvalue weighted by Crippen LogP contribution is 2.40. The number of aromatic nitrogens is 2. The molecule has 0 saturated carbocycles. The molecule has 4 heteroatoms. The van der Waals surface area contributed by atoms with Crippen LogP contribution in [0.4, 0.5) is 5.69 Å². The van der Waals surface area contributed by atoms with Gasteiger partial charge in [0.2, 0.25) is 5.91 Å². The van der Waals surface area contributed by atoms with Crippen LogP contribution in [0.5, 0.6) is 0 Å². The van der Waals surface area contributed by atoms with Crippen LogP contribution in [0.2, 0.25) is 0 Å². The Bertz CT molecular complexity index is 865. The van der Waals surface area contributed by atoms with E-state index in [4.69, 9.17) is 0 Å². The van der Waals surface area contributed by atoms with Gasteiger partial charge >= 0.3 is 0 Å². The van der Waals surface area contributed by atoms with Gasteiger partial charge in [0, 0.05) is 35.7 Å². The lowest BCUT2D eigenvalue weighted by Crippen LogP contribution is -2.05. The Morgan fingerprint density at radius 3 is 2.77 bits per heavy atom. The van der Waals surface area contributed by atoms with Crippen molar-refractivity contribution in [2.75, 3.05) is 5.32 Å². The van der Waals surface area contributed by atoms with Gasteiger partial charge in [-0.15, -0.1) is 0 Å². The van der Waals surface area contributed by atoms with Gasteiger partial charge < -0.3 is 5.32 Å². The smallest absolute Gasteiger partial charge is 0.221 e. The predicted octanol–water partition coefficient (Wildman–Crippen LogP) is 3.61. The van der Waals surface area contributed by atoms with E-state index in [1.807, 2.05) is 36.4 Å². The lowest BCUT2D eigenvalue weighted by molar-refractivity contribution is -0.114. The topological polar surface area (TPSA) is 57.8 Å². The average Bonchev–Trinajstić information content (AvgIpc) is 3.05. The summed E-state index contributed by atoms with van der Waals surface area (Å²) in [6.45, 7) is 1.52. The summed E-state index contributed by atoms with van der Waals surface area (Å²) < 4.78 is 0. The van der Waals surface area contributed by atoms with Crippen molar-refractivity contribution in [3.05, 3.63) is 59.7 Å². The fourth-order valence-electron chi connectivity index (χ4n) is 3.05. The Morgan fingerprint density at radius 2 is 2.00 bits per heavy atom. The van der Waals surface area contributed by atoms with Crippen molar-refractivity contribution in [1.29, 1.82) is 0 Å². The van der Waals surface area contributed by atoms with Crippen molar-refractivity contribution in [1.82, 2.24) is 10.2 Å². The Hall–Kier alpha value is -2.88. The molecule has 1 aliphatic rings. The molecule has 2 aromatic carbocycles. The number of carbonyl (C=O) groups is 1. The number of carbonyl (C=O) groups excluding carboxylic acids is 1. The molecule has 0 bridgehead atoms. The quantitative estimate of drug-likeness (QED) is 0.592. The molecular formula is C18H15N3O. The van der Waals surface area contributed by atoms with E-state index in [0.29, 0.717) is 0 Å². The highest BCUT2D eigenvalue weighted by Gasteiger charge is 2.25. The average molecular weight is 289 g/mol. The Kier molecular flexibility index (Phi) is 2.82. The molecule has 0 saturated heterocycles. The highest BCUT2D eigenvalue weighted by atomic mass is 16.1. The number of nitrogens with one attached hydrogen (secondary N) is 2. The lowest BCUT2D eigenvalue weighted by atomic mass is 10.1. The zero-order valence-electron chi connectivity index (χ0n) is 12.2. The maximum atomic E-state index is 11.2. The number of H-pyrrole nitrogens is 1. The summed E-state index contributed by atoms with van der Waals surface area (Å²) in [5.74, 6) is -0.0527. The molecule has 1 aliphatic carbocycles. The van der Waals surface area contributed by atoms with Crippen molar-refractivity contribution in [3.8, 4) is 22.5 Å². The third kappa shape index (κ3) is 2.00. The summed E-state index contributed by atoms with van der Waals surface area (Å²) in [7, 11) is 0. The second-order valence-corrected chi connectivity index (χ2v) is 5.52. The summed E-state index contributed by atoms with van der Waals surface area (Å²) in [6.07, 6.45) is 0.832. The van der Waals surface area contributed by atoms with Crippen LogP contribution in [-0.4, -0.2) is 16.1 Å². The molecule has 2 N–H and O–H groups in total. The van der Waals surface area contributed by atoms with Gasteiger partial charge in [-0.2, -0.15) is 5.10 Å². The van der Waals surface area contributed by atoms with E-state index in [1.165, 1.54) is 23.6 Å². The second-order valence-electron chi connectivity index (χ2n) is 5.52. The van der Waals surface area contributed by atoms with Gasteiger partial charge in [-0.3, -0.25) is 9.89 Å². The molecule has 3 aromatic rings. The molecule has 0 fully saturated rings. The number of amides is 1. The fraction of sp³-hybridized carbons (Fsp3) is 0.111. The molecule has 1 aromatic heterocycles. The van der Waals surface area contributed by atoms with Crippen molar-refractivity contribution < 1.29 is 4.79 Å². The second kappa shape index (κ2) is 4.84. The van der Waals surface area contributed by atoms with Gasteiger partial charge in [-0.05, 0) is 17.7 Å². The van der Waals surface area contributed by atoms with E-state index in [1.54, 1.807) is 0 Å². The van der Waals surface area contributed by atoms with Crippen LogP contribution in [0.15, 0.2) is 48.5 Å². The highest BCUT2D eigenvalue weighted by molar-refractivity contribution is 5.90. The number of benzene rings is 2. The first-order valence-electron chi connectivity index (χ1n) is 7.26. The van der Waals surface area contributed by atoms with Crippen LogP contribution >= 0.6 is 0 Å². The van der Waals surface area contributed by atoms with E-state index in [-0.39, 0.29) is 5.91 Å². The van der Waals surface area contributed by atoms with Crippen molar-refractivity contribution in [2.45, 2.75) is 13.3 Å². The molecular weight excluding hydrogens is 274 g/mol. The Labute approximate surface area is 128 Å². The van der Waals surface area contributed by atoms with Crippen molar-refractivity contribution >= 4 is 11.6 Å². The summed E-state index contributed by atoms with van der Waals surface area (Å²) >= 11 is 0. The SMILES string of the molecule is CC(=O)Nc1ccc2c(c1)Cc1c(-c3ccccc3)n[nH]c1-2. The maximum absolute atomic E-state index is 11.2. The summed E-state index contributed by atoms with van der Waals surface area (Å²) in [5, 5.41) is 10.5. The molecule has 0 atom stereocenters. The number of hydrogen-bond acceptors (Lipinski definition) is 2. The normalized spacial score (nSPS) is 11.9. The molecule has 0 spiro atoms. The number of hydrogen-bond donors (Lipinski definition) is 2. The molecule has 0 unspecified atom stereocenters. The van der Waals surface area contributed by atoms with Crippen LogP contribution in [0.25, 0.3) is 22.5 Å². The molecule has 108 valence electrons. The minimum Gasteiger partial charge on any atom is -0.326 e. The fourth-order valence-corrected chi connectivity index (χ4v) is 3.05. The predicted molar refractivity (Wildman–Crippen MR) is 86.6 cm³/mol. The van der Waals surface area contributed by atoms with Gasteiger partial charge in [0.1, 0.15) is 0 Å². The first kappa shape index (κ1) is 12.8. The van der Waals surface area contributed by atoms with E-state index >= 15 is 0 Å². The zero-order valence-corrected chi connectivity index (χ0v) is 12.2. The van der Waals surface area contributed by atoms with Crippen LogP contribution < -0.4 is 5.32 Å². The molecule has 0 aliphatic heterocycles. The van der Waals surface area contributed by atoms with Crippen molar-refractivity contribution in [2.24, 2.45) is 0 Å². The number of aromatic amines is 1. The van der Waals surface area contributed by atoms with Crippen LogP contribution in [0.3, 0.4) is 0 Å². The summed E-state index contributed by atoms with van der Waals surface area (Å²) in [4.78, 5) is 11.2. The standard InChI is InChI=1S/C18H15N3O/c1-11(22)19-14-7-8-15-13(9-14)10-16-17(20-21-18(15)16)12-5-3-2-4-6-12/h2-9H,10H2,1H3,(H,19,22)(H,20,21). The molecule has 22 heavy (non-hydrogen) atoms. The van der Waals surface area contributed by atoms with E-state index in [9.17, 15) is 4.79 Å². The molecule has 1 amide bonds. The molecule has 4 rings (SSSR count). The lowest BCUT2D eigenvalue weighted by Gasteiger charge is -2.05. The summed E-state index contributed by atoms with van der Waals surface area (Å²) in [6, 6.07) is 16.2. The monoisotopic (exact) mass is 289 g/mol. The van der Waals surface area contributed by atoms with Gasteiger partial charge in [0.25, 0.3) is 0 Å². The van der Waals surface area contributed by atoms with Gasteiger partial charge in [0.05, 0.1) is 11.4 Å². The first-order chi connectivity index (χ1) is 10.7. The van der Waals surface area contributed by atoms with Crippen LogP contribution in [-0.2, 0) is 11.2 Å². The van der Waals surface area contributed by atoms with Crippen LogP contribution in [0.1, 0.15) is 18.1 Å². The largest absolute Gasteiger partial charge is 0.326 e. The zero-order chi connectivity index (χ0) is 15.1.